The third-order valence-electron chi connectivity index (χ3n) is 4.49. The van der Waals surface area contributed by atoms with E-state index in [4.69, 9.17) is 5.73 Å². The number of carbonyl (C=O) groups is 1. The van der Waals surface area contributed by atoms with E-state index in [1.807, 2.05) is 32.0 Å². The van der Waals surface area contributed by atoms with Crippen molar-refractivity contribution in [2.75, 3.05) is 5.32 Å². The molecule has 0 unspecified atom stereocenters. The predicted octanol–water partition coefficient (Wildman–Crippen LogP) is 2.54. The van der Waals surface area contributed by atoms with Crippen LogP contribution < -0.4 is 11.1 Å². The van der Waals surface area contributed by atoms with Gasteiger partial charge in [0, 0.05) is 23.2 Å². The number of rotatable bonds is 3. The molecular formula is C17H23N5O. The molecule has 0 radical (unpaired) electrons. The van der Waals surface area contributed by atoms with Crippen LogP contribution in [0.4, 0.5) is 5.69 Å². The lowest BCUT2D eigenvalue weighted by molar-refractivity contribution is -0.120. The van der Waals surface area contributed by atoms with Crippen LogP contribution in [0.2, 0.25) is 0 Å². The van der Waals surface area contributed by atoms with Gasteiger partial charge in [-0.3, -0.25) is 9.89 Å². The average molecular weight is 313 g/mol. The first-order chi connectivity index (χ1) is 11.0. The molecule has 1 fully saturated rings. The van der Waals surface area contributed by atoms with E-state index >= 15 is 0 Å². The van der Waals surface area contributed by atoms with Crippen molar-refractivity contribution < 1.29 is 4.79 Å². The zero-order valence-electron chi connectivity index (χ0n) is 13.6. The Labute approximate surface area is 135 Å². The minimum absolute atomic E-state index is 0.0589. The largest absolute Gasteiger partial charge is 0.328 e. The molecule has 1 saturated carbocycles. The molecule has 1 aliphatic carbocycles. The monoisotopic (exact) mass is 313 g/mol. The fourth-order valence-electron chi connectivity index (χ4n) is 2.98. The molecule has 0 aliphatic heterocycles. The first-order valence-electron chi connectivity index (χ1n) is 8.09. The number of hydrogen-bond acceptors (Lipinski definition) is 4. The molecule has 1 aromatic heterocycles. The van der Waals surface area contributed by atoms with Crippen molar-refractivity contribution in [1.29, 1.82) is 0 Å². The normalized spacial score (nSPS) is 21.2. The number of carbonyl (C=O) groups excluding carboxylic acids is 1. The van der Waals surface area contributed by atoms with E-state index < -0.39 is 0 Å². The molecule has 0 spiro atoms. The van der Waals surface area contributed by atoms with Gasteiger partial charge in [0.1, 0.15) is 5.82 Å². The van der Waals surface area contributed by atoms with Crippen molar-refractivity contribution in [2.24, 2.45) is 11.7 Å². The second kappa shape index (κ2) is 6.50. The van der Waals surface area contributed by atoms with Gasteiger partial charge in [-0.15, -0.1) is 0 Å². The second-order valence-corrected chi connectivity index (χ2v) is 6.38. The molecule has 1 aromatic carbocycles. The lowest BCUT2D eigenvalue weighted by Gasteiger charge is -2.25. The number of benzene rings is 1. The quantitative estimate of drug-likeness (QED) is 0.811. The van der Waals surface area contributed by atoms with Crippen LogP contribution in [0.25, 0.3) is 11.4 Å². The first-order valence-corrected chi connectivity index (χ1v) is 8.09. The van der Waals surface area contributed by atoms with E-state index in [1.54, 1.807) is 0 Å². The number of H-pyrrole nitrogens is 1. The van der Waals surface area contributed by atoms with Gasteiger partial charge in [0.2, 0.25) is 5.91 Å². The standard InChI is InChI=1S/C17H23N5O/c1-10-3-4-13(16-19-11(2)21-22-16)9-15(10)20-17(23)12-5-7-14(18)8-6-12/h3-4,9,12,14H,5-8,18H2,1-2H3,(H,20,23)(H,19,21,22). The summed E-state index contributed by atoms with van der Waals surface area (Å²) >= 11 is 0. The highest BCUT2D eigenvalue weighted by molar-refractivity contribution is 5.94. The van der Waals surface area contributed by atoms with Gasteiger partial charge in [0.05, 0.1) is 0 Å². The molecule has 0 saturated heterocycles. The van der Waals surface area contributed by atoms with Crippen LogP contribution in [0.3, 0.4) is 0 Å². The molecular weight excluding hydrogens is 290 g/mol. The van der Waals surface area contributed by atoms with Crippen LogP contribution in [-0.2, 0) is 4.79 Å². The summed E-state index contributed by atoms with van der Waals surface area (Å²) < 4.78 is 0. The van der Waals surface area contributed by atoms with Crippen LogP contribution in [0.5, 0.6) is 0 Å². The van der Waals surface area contributed by atoms with E-state index in [9.17, 15) is 4.79 Å². The van der Waals surface area contributed by atoms with Crippen molar-refractivity contribution in [2.45, 2.75) is 45.6 Å². The average Bonchev–Trinajstić information content (AvgIpc) is 2.96. The lowest BCUT2D eigenvalue weighted by Crippen LogP contribution is -2.32. The Morgan fingerprint density at radius 3 is 2.65 bits per heavy atom. The predicted molar refractivity (Wildman–Crippen MR) is 89.9 cm³/mol. The molecule has 2 aromatic rings. The van der Waals surface area contributed by atoms with Gasteiger partial charge in [0.15, 0.2) is 5.82 Å². The molecule has 0 bridgehead atoms. The molecule has 0 atom stereocenters. The van der Waals surface area contributed by atoms with Crippen LogP contribution in [-0.4, -0.2) is 27.1 Å². The summed E-state index contributed by atoms with van der Waals surface area (Å²) in [5.41, 5.74) is 8.65. The van der Waals surface area contributed by atoms with E-state index in [2.05, 4.69) is 20.5 Å². The number of aromatic nitrogens is 3. The fraction of sp³-hybridized carbons (Fsp3) is 0.471. The summed E-state index contributed by atoms with van der Waals surface area (Å²) in [6.07, 6.45) is 3.58. The van der Waals surface area contributed by atoms with Gasteiger partial charge in [-0.25, -0.2) is 4.98 Å². The second-order valence-electron chi connectivity index (χ2n) is 6.38. The number of nitrogens with zero attached hydrogens (tertiary/aromatic N) is 2. The number of nitrogens with one attached hydrogen (secondary N) is 2. The van der Waals surface area contributed by atoms with Crippen LogP contribution in [0, 0.1) is 19.8 Å². The van der Waals surface area contributed by atoms with Crippen molar-refractivity contribution in [3.05, 3.63) is 29.6 Å². The number of hydrogen-bond donors (Lipinski definition) is 3. The molecule has 122 valence electrons. The van der Waals surface area contributed by atoms with E-state index in [1.165, 1.54) is 0 Å². The zero-order chi connectivity index (χ0) is 16.4. The smallest absolute Gasteiger partial charge is 0.227 e. The maximum Gasteiger partial charge on any atom is 0.227 e. The Hall–Kier alpha value is -2.21. The molecule has 6 heteroatoms. The first kappa shape index (κ1) is 15.7. The maximum absolute atomic E-state index is 12.5. The van der Waals surface area contributed by atoms with Gasteiger partial charge in [0.25, 0.3) is 0 Å². The SMILES string of the molecule is Cc1nc(-c2ccc(C)c(NC(=O)C3CCC(N)CC3)c2)n[nH]1. The number of nitrogens with two attached hydrogens (primary N) is 1. The zero-order valence-corrected chi connectivity index (χ0v) is 13.6. The molecule has 6 nitrogen and oxygen atoms in total. The van der Waals surface area contributed by atoms with Crippen LogP contribution >= 0.6 is 0 Å². The molecule has 4 N–H and O–H groups in total. The van der Waals surface area contributed by atoms with E-state index in [0.717, 1.165) is 48.3 Å². The Morgan fingerprint density at radius 1 is 1.26 bits per heavy atom. The highest BCUT2D eigenvalue weighted by Gasteiger charge is 2.25. The van der Waals surface area contributed by atoms with Crippen molar-refractivity contribution >= 4 is 11.6 Å². The third kappa shape index (κ3) is 3.59. The van der Waals surface area contributed by atoms with E-state index in [-0.39, 0.29) is 17.9 Å². The summed E-state index contributed by atoms with van der Waals surface area (Å²) in [4.78, 5) is 16.8. The highest BCUT2D eigenvalue weighted by Crippen LogP contribution is 2.27. The lowest BCUT2D eigenvalue weighted by atomic mass is 9.86. The summed E-state index contributed by atoms with van der Waals surface area (Å²) in [6.45, 7) is 3.85. The molecule has 23 heavy (non-hydrogen) atoms. The molecule has 3 rings (SSSR count). The Morgan fingerprint density at radius 2 is 2.00 bits per heavy atom. The molecule has 1 amide bonds. The minimum Gasteiger partial charge on any atom is -0.328 e. The summed E-state index contributed by atoms with van der Waals surface area (Å²) in [5.74, 6) is 1.55. The van der Waals surface area contributed by atoms with Gasteiger partial charge in [-0.05, 0) is 51.2 Å². The topological polar surface area (TPSA) is 96.7 Å². The van der Waals surface area contributed by atoms with Crippen molar-refractivity contribution in [3.8, 4) is 11.4 Å². The summed E-state index contributed by atoms with van der Waals surface area (Å²) in [5, 5.41) is 10.1. The van der Waals surface area contributed by atoms with Gasteiger partial charge < -0.3 is 11.1 Å². The fourth-order valence-corrected chi connectivity index (χ4v) is 2.98. The number of amides is 1. The van der Waals surface area contributed by atoms with Crippen molar-refractivity contribution in [1.82, 2.24) is 15.2 Å². The highest BCUT2D eigenvalue weighted by atomic mass is 16.1. The van der Waals surface area contributed by atoms with Gasteiger partial charge >= 0.3 is 0 Å². The Balaban J connectivity index is 1.75. The van der Waals surface area contributed by atoms with Crippen LogP contribution in [0.1, 0.15) is 37.1 Å². The molecule has 1 heterocycles. The maximum atomic E-state index is 12.5. The third-order valence-corrected chi connectivity index (χ3v) is 4.49. The number of aromatic amines is 1. The summed E-state index contributed by atoms with van der Waals surface area (Å²) in [7, 11) is 0. The summed E-state index contributed by atoms with van der Waals surface area (Å²) in [6, 6.07) is 6.13. The van der Waals surface area contributed by atoms with Gasteiger partial charge in [-0.1, -0.05) is 12.1 Å². The van der Waals surface area contributed by atoms with Crippen molar-refractivity contribution in [3.63, 3.8) is 0 Å². The molecule has 1 aliphatic rings. The Kier molecular flexibility index (Phi) is 4.43. The van der Waals surface area contributed by atoms with E-state index in [0.29, 0.717) is 5.82 Å². The Bertz CT molecular complexity index is 701. The number of aryl methyl sites for hydroxylation is 2. The van der Waals surface area contributed by atoms with Gasteiger partial charge in [-0.2, -0.15) is 5.10 Å². The van der Waals surface area contributed by atoms with Crippen LogP contribution in [0.15, 0.2) is 18.2 Å². The minimum atomic E-state index is 0.0589. The number of anilines is 1.